The summed E-state index contributed by atoms with van der Waals surface area (Å²) >= 11 is 2.54. The van der Waals surface area contributed by atoms with E-state index in [1.54, 1.807) is 6.92 Å². The molecule has 0 aliphatic heterocycles. The molecule has 0 spiro atoms. The van der Waals surface area contributed by atoms with Crippen LogP contribution in [0.2, 0.25) is 0 Å². The lowest BCUT2D eigenvalue weighted by Gasteiger charge is -2.10. The van der Waals surface area contributed by atoms with Crippen LogP contribution in [0, 0.1) is 15.9 Å². The van der Waals surface area contributed by atoms with Gasteiger partial charge in [-0.2, -0.15) is 4.39 Å². The predicted molar refractivity (Wildman–Crippen MR) is 91.1 cm³/mol. The number of halogens is 1. The zero-order valence-electron chi connectivity index (χ0n) is 12.8. The van der Waals surface area contributed by atoms with Gasteiger partial charge in [-0.1, -0.05) is 23.1 Å². The molecule has 1 aromatic heterocycles. The molecule has 2 rings (SSSR count). The fourth-order valence-corrected chi connectivity index (χ4v) is 3.62. The van der Waals surface area contributed by atoms with E-state index in [9.17, 15) is 19.3 Å². The maximum absolute atomic E-state index is 13.3. The largest absolute Gasteiger partial charge is 0.360 e. The average molecular weight is 371 g/mol. The standard InChI is InChI=1S/C13H14FN5O3S2/c1-3-15-12-17-18-13(24-12)23-7(2)11(20)16-8-4-5-9(14)10(6-8)19(21)22/h4-7H,3H2,1-2H3,(H,15,17)(H,16,20)/t7-/m1/s1. The molecule has 1 aromatic carbocycles. The number of carbonyl (C=O) groups is 1. The summed E-state index contributed by atoms with van der Waals surface area (Å²) in [4.78, 5) is 22.0. The molecular formula is C13H14FN5O3S2. The van der Waals surface area contributed by atoms with Gasteiger partial charge in [0.2, 0.25) is 16.9 Å². The number of nitro benzene ring substituents is 1. The van der Waals surface area contributed by atoms with Gasteiger partial charge in [-0.05, 0) is 26.0 Å². The van der Waals surface area contributed by atoms with Crippen LogP contribution >= 0.6 is 23.1 Å². The van der Waals surface area contributed by atoms with E-state index in [0.29, 0.717) is 9.47 Å². The second-order valence-electron chi connectivity index (χ2n) is 4.58. The summed E-state index contributed by atoms with van der Waals surface area (Å²) < 4.78 is 13.9. The van der Waals surface area contributed by atoms with Crippen molar-refractivity contribution in [3.63, 3.8) is 0 Å². The number of carbonyl (C=O) groups excluding carboxylic acids is 1. The van der Waals surface area contributed by atoms with Gasteiger partial charge in [-0.25, -0.2) is 0 Å². The highest BCUT2D eigenvalue weighted by molar-refractivity contribution is 8.02. The number of anilines is 2. The van der Waals surface area contributed by atoms with E-state index in [2.05, 4.69) is 20.8 Å². The number of aromatic nitrogens is 2. The minimum absolute atomic E-state index is 0.158. The van der Waals surface area contributed by atoms with E-state index in [0.717, 1.165) is 18.7 Å². The maximum Gasteiger partial charge on any atom is 0.306 e. The van der Waals surface area contributed by atoms with Crippen molar-refractivity contribution >= 4 is 45.5 Å². The summed E-state index contributed by atoms with van der Waals surface area (Å²) in [5.41, 5.74) is -0.529. The van der Waals surface area contributed by atoms with Gasteiger partial charge in [0, 0.05) is 18.3 Å². The van der Waals surface area contributed by atoms with Crippen molar-refractivity contribution in [2.45, 2.75) is 23.4 Å². The zero-order chi connectivity index (χ0) is 17.7. The van der Waals surface area contributed by atoms with Gasteiger partial charge in [0.1, 0.15) is 0 Å². The number of hydrogen-bond acceptors (Lipinski definition) is 8. The number of nitro groups is 1. The number of nitrogens with one attached hydrogen (secondary N) is 2. The minimum atomic E-state index is -0.953. The third kappa shape index (κ3) is 4.61. The van der Waals surface area contributed by atoms with Gasteiger partial charge in [-0.15, -0.1) is 10.2 Å². The van der Waals surface area contributed by atoms with E-state index < -0.39 is 21.7 Å². The third-order valence-electron chi connectivity index (χ3n) is 2.79. The number of hydrogen-bond donors (Lipinski definition) is 2. The Hall–Kier alpha value is -2.27. The van der Waals surface area contributed by atoms with Crippen LogP contribution in [0.25, 0.3) is 0 Å². The molecule has 1 atom stereocenters. The number of thioether (sulfide) groups is 1. The predicted octanol–water partition coefficient (Wildman–Crippen LogP) is 3.14. The molecule has 1 heterocycles. The van der Waals surface area contributed by atoms with Crippen molar-refractivity contribution in [3.8, 4) is 0 Å². The first-order chi connectivity index (χ1) is 11.4. The molecule has 2 aromatic rings. The summed E-state index contributed by atoms with van der Waals surface area (Å²) in [6, 6.07) is 3.20. The normalized spacial score (nSPS) is 11.8. The third-order valence-corrected chi connectivity index (χ3v) is 4.86. The Bertz CT molecular complexity index is 755. The average Bonchev–Trinajstić information content (AvgIpc) is 2.96. The Morgan fingerprint density at radius 1 is 1.50 bits per heavy atom. The van der Waals surface area contributed by atoms with E-state index in [1.165, 1.54) is 29.2 Å². The Morgan fingerprint density at radius 3 is 2.92 bits per heavy atom. The van der Waals surface area contributed by atoms with Crippen molar-refractivity contribution < 1.29 is 14.1 Å². The molecule has 0 radical (unpaired) electrons. The zero-order valence-corrected chi connectivity index (χ0v) is 14.4. The molecule has 0 unspecified atom stereocenters. The molecule has 0 saturated carbocycles. The van der Waals surface area contributed by atoms with Crippen molar-refractivity contribution in [2.75, 3.05) is 17.2 Å². The Kier molecular flexibility index (Phi) is 6.04. The second-order valence-corrected chi connectivity index (χ2v) is 7.14. The molecule has 0 saturated heterocycles. The fraction of sp³-hybridized carbons (Fsp3) is 0.308. The lowest BCUT2D eigenvalue weighted by atomic mass is 10.2. The van der Waals surface area contributed by atoms with Crippen LogP contribution < -0.4 is 10.6 Å². The van der Waals surface area contributed by atoms with Gasteiger partial charge in [-0.3, -0.25) is 14.9 Å². The molecule has 0 aliphatic carbocycles. The van der Waals surface area contributed by atoms with Gasteiger partial charge < -0.3 is 10.6 Å². The first-order valence-electron chi connectivity index (χ1n) is 6.89. The SMILES string of the molecule is CCNc1nnc(S[C@H](C)C(=O)Nc2ccc(F)c([N+](=O)[O-])c2)s1. The van der Waals surface area contributed by atoms with E-state index in [4.69, 9.17) is 0 Å². The summed E-state index contributed by atoms with van der Waals surface area (Å²) in [5.74, 6) is -1.33. The van der Waals surface area contributed by atoms with E-state index in [1.807, 2.05) is 6.92 Å². The highest BCUT2D eigenvalue weighted by atomic mass is 32.2. The Morgan fingerprint density at radius 2 is 2.25 bits per heavy atom. The van der Waals surface area contributed by atoms with Gasteiger partial charge >= 0.3 is 5.69 Å². The minimum Gasteiger partial charge on any atom is -0.360 e. The number of nitrogens with zero attached hydrogens (tertiary/aromatic N) is 3. The maximum atomic E-state index is 13.3. The summed E-state index contributed by atoms with van der Waals surface area (Å²) in [5, 5.41) is 24.3. The van der Waals surface area contributed by atoms with Crippen LogP contribution in [0.3, 0.4) is 0 Å². The molecular weight excluding hydrogens is 357 g/mol. The summed E-state index contributed by atoms with van der Waals surface area (Å²) in [6.07, 6.45) is 0. The molecule has 24 heavy (non-hydrogen) atoms. The molecule has 0 bridgehead atoms. The van der Waals surface area contributed by atoms with Crippen LogP contribution in [-0.4, -0.2) is 32.8 Å². The molecule has 1 amide bonds. The van der Waals surface area contributed by atoms with E-state index >= 15 is 0 Å². The van der Waals surface area contributed by atoms with Crippen molar-refractivity contribution in [1.29, 1.82) is 0 Å². The lowest BCUT2D eigenvalue weighted by Crippen LogP contribution is -2.22. The van der Waals surface area contributed by atoms with Crippen LogP contribution in [0.1, 0.15) is 13.8 Å². The van der Waals surface area contributed by atoms with Crippen LogP contribution in [0.4, 0.5) is 20.9 Å². The summed E-state index contributed by atoms with van der Waals surface area (Å²) in [6.45, 7) is 4.33. The number of amides is 1. The number of rotatable bonds is 7. The fourth-order valence-electron chi connectivity index (χ4n) is 1.66. The van der Waals surface area contributed by atoms with Crippen molar-refractivity contribution in [2.24, 2.45) is 0 Å². The molecule has 0 aliphatic rings. The molecule has 11 heteroatoms. The molecule has 128 valence electrons. The lowest BCUT2D eigenvalue weighted by molar-refractivity contribution is -0.387. The quantitative estimate of drug-likeness (QED) is 0.437. The van der Waals surface area contributed by atoms with E-state index in [-0.39, 0.29) is 11.6 Å². The van der Waals surface area contributed by atoms with Crippen molar-refractivity contribution in [1.82, 2.24) is 10.2 Å². The van der Waals surface area contributed by atoms with Gasteiger partial charge in [0.15, 0.2) is 4.34 Å². The molecule has 8 nitrogen and oxygen atoms in total. The topological polar surface area (TPSA) is 110 Å². The van der Waals surface area contributed by atoms with Gasteiger partial charge in [0.25, 0.3) is 0 Å². The first kappa shape index (κ1) is 18.1. The Balaban J connectivity index is 2.00. The Labute approximate surface area is 145 Å². The van der Waals surface area contributed by atoms with Crippen molar-refractivity contribution in [3.05, 3.63) is 34.1 Å². The highest BCUT2D eigenvalue weighted by Gasteiger charge is 2.19. The van der Waals surface area contributed by atoms with Crippen LogP contribution in [0.15, 0.2) is 22.5 Å². The summed E-state index contributed by atoms with van der Waals surface area (Å²) in [7, 11) is 0. The first-order valence-corrected chi connectivity index (χ1v) is 8.59. The second kappa shape index (κ2) is 8.02. The van der Waals surface area contributed by atoms with Crippen LogP contribution in [-0.2, 0) is 4.79 Å². The smallest absolute Gasteiger partial charge is 0.306 e. The molecule has 2 N–H and O–H groups in total. The monoisotopic (exact) mass is 371 g/mol. The van der Waals surface area contributed by atoms with Crippen LogP contribution in [0.5, 0.6) is 0 Å². The molecule has 0 fully saturated rings. The highest BCUT2D eigenvalue weighted by Crippen LogP contribution is 2.29. The van der Waals surface area contributed by atoms with Gasteiger partial charge in [0.05, 0.1) is 10.2 Å². The number of benzene rings is 1.